The number of para-hydroxylation sites is 2. The largest absolute Gasteiger partial charge is 0.371 e. The average molecular weight is 417 g/mol. The van der Waals surface area contributed by atoms with Crippen molar-refractivity contribution < 1.29 is 23.0 Å². The Morgan fingerprint density at radius 3 is 2.53 bits per heavy atom. The minimum absolute atomic E-state index is 0.00650. The van der Waals surface area contributed by atoms with Crippen molar-refractivity contribution in [1.29, 1.82) is 0 Å². The van der Waals surface area contributed by atoms with E-state index in [0.29, 0.717) is 31.0 Å². The number of rotatable bonds is 3. The van der Waals surface area contributed by atoms with E-state index in [1.165, 1.54) is 13.0 Å². The number of alkyl halides is 2. The van der Waals surface area contributed by atoms with Crippen molar-refractivity contribution >= 4 is 16.9 Å². The minimum Gasteiger partial charge on any atom is -0.371 e. The van der Waals surface area contributed by atoms with Crippen LogP contribution >= 0.6 is 0 Å². The van der Waals surface area contributed by atoms with Gasteiger partial charge in [0.1, 0.15) is 12.2 Å². The first kappa shape index (κ1) is 19.1. The van der Waals surface area contributed by atoms with E-state index in [2.05, 4.69) is 14.6 Å². The number of hydrogen-bond acceptors (Lipinski definition) is 5. The van der Waals surface area contributed by atoms with Gasteiger partial charge in [-0.1, -0.05) is 12.1 Å². The summed E-state index contributed by atoms with van der Waals surface area (Å²) in [6, 6.07) is 9.24. The van der Waals surface area contributed by atoms with Crippen LogP contribution in [0, 0.1) is 6.92 Å². The van der Waals surface area contributed by atoms with Crippen molar-refractivity contribution in [2.24, 2.45) is 0 Å². The summed E-state index contributed by atoms with van der Waals surface area (Å²) >= 11 is 0. The lowest BCUT2D eigenvalue weighted by Crippen LogP contribution is -2.31. The zero-order valence-electron chi connectivity index (χ0n) is 16.3. The number of aryl methyl sites for hydroxylation is 1. The van der Waals surface area contributed by atoms with Crippen LogP contribution in [0.2, 0.25) is 0 Å². The molecule has 30 heavy (non-hydrogen) atoms. The van der Waals surface area contributed by atoms with Crippen molar-refractivity contribution in [3.05, 3.63) is 48.0 Å². The molecular weight excluding hydrogens is 396 g/mol. The van der Waals surface area contributed by atoms with E-state index in [9.17, 15) is 13.6 Å². The smallest absolute Gasteiger partial charge is 0.333 e. The molecule has 0 aliphatic carbocycles. The van der Waals surface area contributed by atoms with Gasteiger partial charge in [-0.2, -0.15) is 13.9 Å². The Morgan fingerprint density at radius 1 is 1.17 bits per heavy atom. The van der Waals surface area contributed by atoms with E-state index < -0.39 is 12.5 Å². The Morgan fingerprint density at radius 2 is 1.87 bits per heavy atom. The molecule has 0 N–H and O–H groups in total. The third-order valence-electron chi connectivity index (χ3n) is 5.71. The number of fused-ring (bicyclic) bond motifs is 2. The number of amides is 1. The van der Waals surface area contributed by atoms with E-state index >= 15 is 0 Å². The van der Waals surface area contributed by atoms with E-state index in [0.717, 1.165) is 11.0 Å². The molecule has 5 rings (SSSR count). The van der Waals surface area contributed by atoms with E-state index in [1.54, 1.807) is 11.2 Å². The number of hydrogen-bond donors (Lipinski definition) is 0. The Hall–Kier alpha value is -2.85. The Labute approximate surface area is 171 Å². The monoisotopic (exact) mass is 417 g/mol. The summed E-state index contributed by atoms with van der Waals surface area (Å²) in [5.74, 6) is -0.394. The molecule has 0 bridgehead atoms. The highest BCUT2D eigenvalue weighted by atomic mass is 19.3. The molecule has 2 aliphatic rings. The van der Waals surface area contributed by atoms with Gasteiger partial charge in [0, 0.05) is 18.8 Å². The summed E-state index contributed by atoms with van der Waals surface area (Å²) in [4.78, 5) is 18.7. The number of carbonyl (C=O) groups is 1. The molecule has 2 saturated heterocycles. The molecule has 4 heterocycles. The number of likely N-dealkylation sites (tertiary alicyclic amines) is 1. The first-order valence-corrected chi connectivity index (χ1v) is 9.79. The van der Waals surface area contributed by atoms with Crippen LogP contribution in [-0.4, -0.2) is 68.6 Å². The number of benzene rings is 1. The highest BCUT2D eigenvalue weighted by molar-refractivity contribution is 5.92. The van der Waals surface area contributed by atoms with Gasteiger partial charge in [0.25, 0.3) is 5.91 Å². The fourth-order valence-electron chi connectivity index (χ4n) is 4.13. The first-order chi connectivity index (χ1) is 14.5. The number of aromatic nitrogens is 4. The van der Waals surface area contributed by atoms with Crippen LogP contribution in [0.5, 0.6) is 0 Å². The summed E-state index contributed by atoms with van der Waals surface area (Å²) < 4.78 is 40.7. The topological polar surface area (TPSA) is 74.4 Å². The van der Waals surface area contributed by atoms with Crippen LogP contribution in [-0.2, 0) is 9.47 Å². The summed E-state index contributed by atoms with van der Waals surface area (Å²) in [5.41, 5.74) is 2.18. The summed E-state index contributed by atoms with van der Waals surface area (Å²) in [5, 5.41) is 3.75. The minimum atomic E-state index is -2.78. The van der Waals surface area contributed by atoms with Crippen LogP contribution < -0.4 is 0 Å². The Kier molecular flexibility index (Phi) is 4.75. The second kappa shape index (κ2) is 7.44. The standard InChI is InChI=1S/C20H21F2N5O3/c1-12-6-15(24-27(12)20(21)22)19(28)25-7-17-18(8-25)30-10-13(9-29-17)26-11-23-14-4-2-3-5-16(14)26/h2-6,11,13,17-18,20H,7-10H2,1H3/t17-,18-/m0/s1. The predicted molar refractivity (Wildman–Crippen MR) is 102 cm³/mol. The molecule has 0 saturated carbocycles. The third kappa shape index (κ3) is 3.25. The highest BCUT2D eigenvalue weighted by Gasteiger charge is 2.40. The van der Waals surface area contributed by atoms with Gasteiger partial charge in [0.2, 0.25) is 0 Å². The molecule has 1 aromatic carbocycles. The van der Waals surface area contributed by atoms with Crippen molar-refractivity contribution in [1.82, 2.24) is 24.2 Å². The zero-order chi connectivity index (χ0) is 20.8. The molecule has 10 heteroatoms. The summed E-state index contributed by atoms with van der Waals surface area (Å²) in [6.07, 6.45) is 1.25. The van der Waals surface area contributed by atoms with Crippen LogP contribution in [0.25, 0.3) is 11.0 Å². The third-order valence-corrected chi connectivity index (χ3v) is 5.71. The van der Waals surface area contributed by atoms with Crippen LogP contribution in [0.3, 0.4) is 0 Å². The van der Waals surface area contributed by atoms with Crippen molar-refractivity contribution in [3.63, 3.8) is 0 Å². The Balaban J connectivity index is 1.27. The maximum Gasteiger partial charge on any atom is 0.333 e. The summed E-state index contributed by atoms with van der Waals surface area (Å²) in [6.45, 7) is 0.253. The second-order valence-corrected chi connectivity index (χ2v) is 7.64. The van der Waals surface area contributed by atoms with E-state index in [1.807, 2.05) is 24.3 Å². The van der Waals surface area contributed by atoms with Gasteiger partial charge in [-0.3, -0.25) is 4.79 Å². The lowest BCUT2D eigenvalue weighted by Gasteiger charge is -2.19. The van der Waals surface area contributed by atoms with Crippen LogP contribution in [0.15, 0.2) is 36.7 Å². The van der Waals surface area contributed by atoms with Gasteiger partial charge in [0.15, 0.2) is 5.69 Å². The number of halogens is 2. The fraction of sp³-hybridized carbons (Fsp3) is 0.450. The molecule has 2 aliphatic heterocycles. The van der Waals surface area contributed by atoms with E-state index in [-0.39, 0.29) is 29.6 Å². The van der Waals surface area contributed by atoms with Crippen molar-refractivity contribution in [2.45, 2.75) is 31.7 Å². The number of carbonyl (C=O) groups excluding carboxylic acids is 1. The van der Waals surface area contributed by atoms with Gasteiger partial charge < -0.3 is 18.9 Å². The predicted octanol–water partition coefficient (Wildman–Crippen LogP) is 2.42. The van der Waals surface area contributed by atoms with Crippen molar-refractivity contribution in [2.75, 3.05) is 26.3 Å². The zero-order valence-corrected chi connectivity index (χ0v) is 16.3. The van der Waals surface area contributed by atoms with Gasteiger partial charge in [-0.05, 0) is 25.1 Å². The molecule has 0 unspecified atom stereocenters. The number of imidazole rings is 1. The lowest BCUT2D eigenvalue weighted by atomic mass is 10.2. The molecular formula is C20H21F2N5O3. The average Bonchev–Trinajstić information content (AvgIpc) is 3.42. The molecule has 0 spiro atoms. The van der Waals surface area contributed by atoms with Crippen LogP contribution in [0.4, 0.5) is 8.78 Å². The first-order valence-electron chi connectivity index (χ1n) is 9.79. The van der Waals surface area contributed by atoms with E-state index in [4.69, 9.17) is 9.47 Å². The molecule has 1 amide bonds. The van der Waals surface area contributed by atoms with Gasteiger partial charge in [-0.25, -0.2) is 9.67 Å². The quantitative estimate of drug-likeness (QED) is 0.654. The number of ether oxygens (including phenoxy) is 2. The molecule has 2 atom stereocenters. The second-order valence-electron chi connectivity index (χ2n) is 7.64. The molecule has 158 valence electrons. The van der Waals surface area contributed by atoms with Crippen molar-refractivity contribution in [3.8, 4) is 0 Å². The fourth-order valence-corrected chi connectivity index (χ4v) is 4.13. The van der Waals surface area contributed by atoms with Gasteiger partial charge in [-0.15, -0.1) is 0 Å². The maximum atomic E-state index is 12.9. The normalized spacial score (nSPS) is 22.6. The molecule has 2 aromatic heterocycles. The highest BCUT2D eigenvalue weighted by Crippen LogP contribution is 2.27. The van der Waals surface area contributed by atoms with Gasteiger partial charge >= 0.3 is 6.55 Å². The lowest BCUT2D eigenvalue weighted by molar-refractivity contribution is -0.00461. The van der Waals surface area contributed by atoms with Crippen LogP contribution in [0.1, 0.15) is 28.8 Å². The molecule has 0 radical (unpaired) electrons. The molecule has 8 nitrogen and oxygen atoms in total. The molecule has 2 fully saturated rings. The number of nitrogens with zero attached hydrogens (tertiary/aromatic N) is 5. The SMILES string of the molecule is Cc1cc(C(=O)N2C[C@@H]3OCC(n4cnc5ccccc54)CO[C@H]3C2)nn1C(F)F. The van der Waals surface area contributed by atoms with Gasteiger partial charge in [0.05, 0.1) is 36.6 Å². The Bertz CT molecular complexity index is 1070. The summed E-state index contributed by atoms with van der Waals surface area (Å²) in [7, 11) is 0. The molecule has 3 aromatic rings. The maximum absolute atomic E-state index is 12.9.